The van der Waals surface area contributed by atoms with E-state index in [0.29, 0.717) is 18.7 Å². The number of methoxy groups -OCH3 is 2. The van der Waals surface area contributed by atoms with Crippen molar-refractivity contribution < 1.29 is 28.5 Å². The van der Waals surface area contributed by atoms with Crippen LogP contribution >= 0.6 is 0 Å². The lowest BCUT2D eigenvalue weighted by atomic mass is 10.1. The Morgan fingerprint density at radius 1 is 1.28 bits per heavy atom. The highest BCUT2D eigenvalue weighted by Crippen LogP contribution is 2.29. The van der Waals surface area contributed by atoms with Crippen LogP contribution in [0.3, 0.4) is 0 Å². The van der Waals surface area contributed by atoms with Crippen molar-refractivity contribution in [1.82, 2.24) is 5.32 Å². The average Bonchev–Trinajstić information content (AvgIpc) is 2.60. The SMILES string of the molecule is CCOC(=O)Oc1ccc(/C=C(\C#N)C(=O)NCCOC)cc1OC. The van der Waals surface area contributed by atoms with E-state index in [1.807, 2.05) is 6.07 Å². The topological polar surface area (TPSA) is 107 Å². The smallest absolute Gasteiger partial charge is 0.493 e. The highest BCUT2D eigenvalue weighted by molar-refractivity contribution is 6.01. The minimum Gasteiger partial charge on any atom is -0.493 e. The Bertz CT molecular complexity index is 678. The number of amides is 1. The first-order valence-corrected chi connectivity index (χ1v) is 7.47. The van der Waals surface area contributed by atoms with Crippen molar-refractivity contribution in [3.8, 4) is 17.6 Å². The molecular formula is C17H20N2O6. The van der Waals surface area contributed by atoms with Crippen LogP contribution in [0.4, 0.5) is 4.79 Å². The third kappa shape index (κ3) is 6.53. The molecule has 8 heteroatoms. The molecule has 1 rings (SSSR count). The lowest BCUT2D eigenvalue weighted by Gasteiger charge is -2.10. The molecule has 0 aromatic heterocycles. The second kappa shape index (κ2) is 10.7. The van der Waals surface area contributed by atoms with Gasteiger partial charge in [-0.2, -0.15) is 5.26 Å². The zero-order chi connectivity index (χ0) is 18.7. The summed E-state index contributed by atoms with van der Waals surface area (Å²) < 4.78 is 19.7. The zero-order valence-corrected chi connectivity index (χ0v) is 14.3. The normalized spacial score (nSPS) is 10.6. The van der Waals surface area contributed by atoms with Gasteiger partial charge in [0.2, 0.25) is 0 Å². The summed E-state index contributed by atoms with van der Waals surface area (Å²) in [5, 5.41) is 11.7. The fraction of sp³-hybridized carbons (Fsp3) is 0.353. The number of nitrogens with one attached hydrogen (secondary N) is 1. The first-order chi connectivity index (χ1) is 12.0. The van der Waals surface area contributed by atoms with Gasteiger partial charge in [0, 0.05) is 13.7 Å². The van der Waals surface area contributed by atoms with Crippen molar-refractivity contribution in [1.29, 1.82) is 5.26 Å². The summed E-state index contributed by atoms with van der Waals surface area (Å²) in [4.78, 5) is 23.3. The third-order valence-corrected chi connectivity index (χ3v) is 2.91. The Labute approximate surface area is 145 Å². The van der Waals surface area contributed by atoms with Gasteiger partial charge in [-0.25, -0.2) is 4.79 Å². The second-order valence-corrected chi connectivity index (χ2v) is 4.61. The number of carbonyl (C=O) groups is 2. The highest BCUT2D eigenvalue weighted by atomic mass is 16.7. The molecule has 0 saturated heterocycles. The van der Waals surface area contributed by atoms with Crippen LogP contribution in [-0.2, 0) is 14.3 Å². The molecule has 0 heterocycles. The Kier molecular flexibility index (Phi) is 8.54. The summed E-state index contributed by atoms with van der Waals surface area (Å²) >= 11 is 0. The summed E-state index contributed by atoms with van der Waals surface area (Å²) in [6, 6.07) is 6.44. The fourth-order valence-electron chi connectivity index (χ4n) is 1.77. The van der Waals surface area contributed by atoms with Crippen LogP contribution in [0.1, 0.15) is 12.5 Å². The van der Waals surface area contributed by atoms with Gasteiger partial charge in [-0.1, -0.05) is 6.07 Å². The van der Waals surface area contributed by atoms with Crippen molar-refractivity contribution in [2.45, 2.75) is 6.92 Å². The molecule has 8 nitrogen and oxygen atoms in total. The van der Waals surface area contributed by atoms with E-state index in [0.717, 1.165) is 0 Å². The number of carbonyl (C=O) groups excluding carboxylic acids is 2. The maximum atomic E-state index is 11.9. The van der Waals surface area contributed by atoms with Gasteiger partial charge < -0.3 is 24.3 Å². The quantitative estimate of drug-likeness (QED) is 0.251. The molecule has 0 unspecified atom stereocenters. The minimum atomic E-state index is -0.848. The summed E-state index contributed by atoms with van der Waals surface area (Å²) in [6.45, 7) is 2.49. The van der Waals surface area contributed by atoms with Gasteiger partial charge in [-0.15, -0.1) is 0 Å². The van der Waals surface area contributed by atoms with Crippen LogP contribution in [0.15, 0.2) is 23.8 Å². The van der Waals surface area contributed by atoms with Crippen LogP contribution in [0.5, 0.6) is 11.5 Å². The molecule has 1 N–H and O–H groups in total. The number of ether oxygens (including phenoxy) is 4. The van der Waals surface area contributed by atoms with E-state index in [4.69, 9.17) is 24.2 Å². The van der Waals surface area contributed by atoms with Crippen molar-refractivity contribution in [3.63, 3.8) is 0 Å². The lowest BCUT2D eigenvalue weighted by molar-refractivity contribution is -0.117. The average molecular weight is 348 g/mol. The summed E-state index contributed by atoms with van der Waals surface area (Å²) in [5.74, 6) is -0.0783. The van der Waals surface area contributed by atoms with Gasteiger partial charge in [-0.3, -0.25) is 4.79 Å². The fourth-order valence-corrected chi connectivity index (χ4v) is 1.77. The van der Waals surface area contributed by atoms with Crippen LogP contribution in [0.25, 0.3) is 6.08 Å². The van der Waals surface area contributed by atoms with Crippen molar-refractivity contribution in [2.75, 3.05) is 34.0 Å². The van der Waals surface area contributed by atoms with Crippen LogP contribution < -0.4 is 14.8 Å². The van der Waals surface area contributed by atoms with Crippen LogP contribution in [0.2, 0.25) is 0 Å². The second-order valence-electron chi connectivity index (χ2n) is 4.61. The third-order valence-electron chi connectivity index (χ3n) is 2.91. The van der Waals surface area contributed by atoms with E-state index >= 15 is 0 Å². The lowest BCUT2D eigenvalue weighted by Crippen LogP contribution is -2.27. The molecule has 0 spiro atoms. The van der Waals surface area contributed by atoms with Gasteiger partial charge in [-0.05, 0) is 30.7 Å². The number of nitrogens with zero attached hydrogens (tertiary/aromatic N) is 1. The van der Waals surface area contributed by atoms with Crippen molar-refractivity contribution in [3.05, 3.63) is 29.3 Å². The highest BCUT2D eigenvalue weighted by Gasteiger charge is 2.13. The Morgan fingerprint density at radius 3 is 2.64 bits per heavy atom. The van der Waals surface area contributed by atoms with Crippen molar-refractivity contribution >= 4 is 18.1 Å². The molecule has 134 valence electrons. The predicted octanol–water partition coefficient (Wildman–Crippen LogP) is 1.90. The van der Waals surface area contributed by atoms with Crippen molar-refractivity contribution in [2.24, 2.45) is 0 Å². The Balaban J connectivity index is 2.95. The molecule has 0 atom stereocenters. The van der Waals surface area contributed by atoms with E-state index in [-0.39, 0.29) is 23.7 Å². The summed E-state index contributed by atoms with van der Waals surface area (Å²) in [5.41, 5.74) is 0.462. The molecular weight excluding hydrogens is 328 g/mol. The van der Waals surface area contributed by atoms with Gasteiger partial charge in [0.05, 0.1) is 20.3 Å². The molecule has 0 aliphatic rings. The Hall–Kier alpha value is -3.05. The molecule has 25 heavy (non-hydrogen) atoms. The van der Waals surface area contributed by atoms with E-state index in [1.54, 1.807) is 13.0 Å². The molecule has 0 aliphatic carbocycles. The molecule has 0 radical (unpaired) electrons. The first kappa shape index (κ1) is 20.0. The van der Waals surface area contributed by atoms with E-state index < -0.39 is 12.1 Å². The number of rotatable bonds is 8. The number of hydrogen-bond acceptors (Lipinski definition) is 7. The maximum absolute atomic E-state index is 11.9. The summed E-state index contributed by atoms with van der Waals surface area (Å²) in [6.07, 6.45) is 0.554. The number of hydrogen-bond donors (Lipinski definition) is 1. The van der Waals surface area contributed by atoms with Gasteiger partial charge >= 0.3 is 6.16 Å². The van der Waals surface area contributed by atoms with Gasteiger partial charge in [0.15, 0.2) is 11.5 Å². The Morgan fingerprint density at radius 2 is 2.04 bits per heavy atom. The number of benzene rings is 1. The van der Waals surface area contributed by atoms with E-state index in [9.17, 15) is 9.59 Å². The van der Waals surface area contributed by atoms with Crippen LogP contribution in [-0.4, -0.2) is 46.0 Å². The summed E-state index contributed by atoms with van der Waals surface area (Å²) in [7, 11) is 2.92. The molecule has 0 aliphatic heterocycles. The number of nitriles is 1. The van der Waals surface area contributed by atoms with E-state index in [2.05, 4.69) is 5.32 Å². The minimum absolute atomic E-state index is 0.0720. The molecule has 0 saturated carbocycles. The molecule has 1 amide bonds. The standard InChI is InChI=1S/C17H20N2O6/c1-4-24-17(21)25-14-6-5-12(10-15(14)23-3)9-13(11-18)16(20)19-7-8-22-2/h5-6,9-10H,4,7-8H2,1-3H3,(H,19,20)/b13-9+. The first-order valence-electron chi connectivity index (χ1n) is 7.47. The van der Waals surface area contributed by atoms with Crippen LogP contribution in [0, 0.1) is 11.3 Å². The monoisotopic (exact) mass is 348 g/mol. The van der Waals surface area contributed by atoms with Gasteiger partial charge in [0.25, 0.3) is 5.91 Å². The molecule has 1 aromatic rings. The zero-order valence-electron chi connectivity index (χ0n) is 14.3. The maximum Gasteiger partial charge on any atom is 0.513 e. The predicted molar refractivity (Wildman–Crippen MR) is 89.1 cm³/mol. The molecule has 0 bridgehead atoms. The van der Waals surface area contributed by atoms with Gasteiger partial charge in [0.1, 0.15) is 11.6 Å². The largest absolute Gasteiger partial charge is 0.513 e. The molecule has 0 fully saturated rings. The molecule has 1 aromatic carbocycles. The van der Waals surface area contributed by atoms with E-state index in [1.165, 1.54) is 32.4 Å².